The van der Waals surface area contributed by atoms with E-state index in [2.05, 4.69) is 18.9 Å². The fraction of sp³-hybridized carbons (Fsp3) is 0.526. The first-order valence-corrected chi connectivity index (χ1v) is 8.87. The molecule has 25 heavy (non-hydrogen) atoms. The topological polar surface area (TPSA) is 62.2 Å². The number of nitrogens with zero attached hydrogens (tertiary/aromatic N) is 3. The van der Waals surface area contributed by atoms with Gasteiger partial charge in [0.2, 0.25) is 5.91 Å². The number of hydrogen-bond acceptors (Lipinski definition) is 4. The van der Waals surface area contributed by atoms with Gasteiger partial charge < -0.3 is 9.64 Å². The first-order valence-electron chi connectivity index (χ1n) is 8.87. The van der Waals surface area contributed by atoms with Crippen molar-refractivity contribution in [3.63, 3.8) is 0 Å². The molecule has 0 bridgehead atoms. The Morgan fingerprint density at radius 1 is 1.24 bits per heavy atom. The van der Waals surface area contributed by atoms with Crippen LogP contribution in [0.4, 0.5) is 5.69 Å². The minimum atomic E-state index is -0.0980. The van der Waals surface area contributed by atoms with Crippen molar-refractivity contribution in [3.05, 3.63) is 30.3 Å². The molecule has 6 nitrogen and oxygen atoms in total. The Morgan fingerprint density at radius 3 is 2.52 bits per heavy atom. The summed E-state index contributed by atoms with van der Waals surface area (Å²) in [7, 11) is 1.63. The normalized spacial score (nSPS) is 14.6. The van der Waals surface area contributed by atoms with Gasteiger partial charge in [0.25, 0.3) is 5.91 Å². The number of ether oxygens (including phenoxy) is 1. The molecule has 0 saturated heterocycles. The number of hydrazone groups is 1. The minimum Gasteiger partial charge on any atom is -0.383 e. The summed E-state index contributed by atoms with van der Waals surface area (Å²) in [5.41, 5.74) is 1.12. The second-order valence-corrected chi connectivity index (χ2v) is 6.05. The quantitative estimate of drug-likeness (QED) is 0.728. The van der Waals surface area contributed by atoms with Gasteiger partial charge in [-0.1, -0.05) is 32.0 Å². The van der Waals surface area contributed by atoms with E-state index in [0.717, 1.165) is 12.8 Å². The van der Waals surface area contributed by atoms with Crippen LogP contribution in [0, 0.1) is 0 Å². The van der Waals surface area contributed by atoms with Crippen molar-refractivity contribution in [2.75, 3.05) is 25.3 Å². The molecule has 6 heteroatoms. The Morgan fingerprint density at radius 2 is 1.92 bits per heavy atom. The van der Waals surface area contributed by atoms with Gasteiger partial charge >= 0.3 is 0 Å². The zero-order valence-electron chi connectivity index (χ0n) is 15.3. The summed E-state index contributed by atoms with van der Waals surface area (Å²) in [6.45, 7) is 5.16. The third-order valence-electron chi connectivity index (χ3n) is 4.46. The maximum absolute atomic E-state index is 13.0. The Bertz CT molecular complexity index is 612. The summed E-state index contributed by atoms with van der Waals surface area (Å²) in [4.78, 5) is 27.1. The molecular weight excluding hydrogens is 318 g/mol. The molecule has 1 aliphatic heterocycles. The van der Waals surface area contributed by atoms with Crippen LogP contribution in [0.3, 0.4) is 0 Å². The lowest BCUT2D eigenvalue weighted by atomic mass is 10.1. The molecule has 1 aromatic rings. The van der Waals surface area contributed by atoms with Crippen LogP contribution >= 0.6 is 0 Å². The Balaban J connectivity index is 2.26. The van der Waals surface area contributed by atoms with Gasteiger partial charge in [-0.15, -0.1) is 0 Å². The van der Waals surface area contributed by atoms with Gasteiger partial charge in [-0.05, 0) is 25.0 Å². The van der Waals surface area contributed by atoms with Crippen LogP contribution in [0.1, 0.15) is 39.5 Å². The number of hydrogen-bond donors (Lipinski definition) is 0. The maximum atomic E-state index is 13.0. The molecular formula is C19H27N3O3. The molecule has 0 N–H and O–H groups in total. The SMILES string of the molecule is CCC(CC)N(CCOC)C(=O)C1=NN(c2ccccc2)C(=O)CC1. The second-order valence-electron chi connectivity index (χ2n) is 6.05. The van der Waals surface area contributed by atoms with Crippen molar-refractivity contribution in [1.82, 2.24) is 4.90 Å². The second kappa shape index (κ2) is 9.32. The highest BCUT2D eigenvalue weighted by Gasteiger charge is 2.30. The zero-order chi connectivity index (χ0) is 18.2. The van der Waals surface area contributed by atoms with Crippen LogP contribution in [0.25, 0.3) is 0 Å². The highest BCUT2D eigenvalue weighted by Crippen LogP contribution is 2.21. The number of carbonyl (C=O) groups excluding carboxylic acids is 2. The van der Waals surface area contributed by atoms with Gasteiger partial charge in [0, 0.05) is 32.5 Å². The minimum absolute atomic E-state index is 0.0891. The molecule has 0 atom stereocenters. The zero-order valence-corrected chi connectivity index (χ0v) is 15.3. The molecule has 0 unspecified atom stereocenters. The molecule has 0 spiro atoms. The van der Waals surface area contributed by atoms with E-state index in [0.29, 0.717) is 37.4 Å². The summed E-state index contributed by atoms with van der Waals surface area (Å²) < 4.78 is 5.16. The van der Waals surface area contributed by atoms with E-state index in [9.17, 15) is 9.59 Å². The standard InChI is InChI=1S/C19H27N3O3/c1-4-15(5-2)21(13-14-25-3)19(24)17-11-12-18(23)22(20-17)16-9-7-6-8-10-16/h6-10,15H,4-5,11-14H2,1-3H3. The number of methoxy groups -OCH3 is 1. The molecule has 1 aliphatic rings. The van der Waals surface area contributed by atoms with Crippen LogP contribution in [0.2, 0.25) is 0 Å². The molecule has 2 amide bonds. The van der Waals surface area contributed by atoms with Gasteiger partial charge in [-0.25, -0.2) is 5.01 Å². The van der Waals surface area contributed by atoms with Gasteiger partial charge in [0.1, 0.15) is 5.71 Å². The predicted molar refractivity (Wildman–Crippen MR) is 98.6 cm³/mol. The monoisotopic (exact) mass is 345 g/mol. The first-order chi connectivity index (χ1) is 12.1. The molecule has 2 rings (SSSR count). The van der Waals surface area contributed by atoms with Crippen molar-refractivity contribution in [2.24, 2.45) is 5.10 Å². The summed E-state index contributed by atoms with van der Waals surface area (Å²) in [5.74, 6) is -0.187. The number of para-hydroxylation sites is 1. The van der Waals surface area contributed by atoms with Crippen LogP contribution in [0.15, 0.2) is 35.4 Å². The number of rotatable bonds is 8. The van der Waals surface area contributed by atoms with E-state index in [1.807, 2.05) is 35.2 Å². The van der Waals surface area contributed by atoms with E-state index in [4.69, 9.17) is 4.74 Å². The van der Waals surface area contributed by atoms with E-state index in [1.54, 1.807) is 7.11 Å². The van der Waals surface area contributed by atoms with Crippen molar-refractivity contribution in [3.8, 4) is 0 Å². The maximum Gasteiger partial charge on any atom is 0.270 e. The Labute approximate surface area is 149 Å². The summed E-state index contributed by atoms with van der Waals surface area (Å²) in [6, 6.07) is 9.37. The van der Waals surface area contributed by atoms with Crippen molar-refractivity contribution in [2.45, 2.75) is 45.6 Å². The van der Waals surface area contributed by atoms with E-state index in [1.165, 1.54) is 5.01 Å². The predicted octanol–water partition coefficient (Wildman–Crippen LogP) is 2.83. The van der Waals surface area contributed by atoms with E-state index >= 15 is 0 Å². The van der Waals surface area contributed by atoms with Gasteiger partial charge in [0.05, 0.1) is 12.3 Å². The summed E-state index contributed by atoms with van der Waals surface area (Å²) >= 11 is 0. The lowest BCUT2D eigenvalue weighted by Crippen LogP contribution is -2.47. The van der Waals surface area contributed by atoms with Crippen molar-refractivity contribution >= 4 is 23.2 Å². The van der Waals surface area contributed by atoms with Crippen LogP contribution in [-0.2, 0) is 14.3 Å². The van der Waals surface area contributed by atoms with Crippen LogP contribution < -0.4 is 5.01 Å². The highest BCUT2D eigenvalue weighted by atomic mass is 16.5. The van der Waals surface area contributed by atoms with Crippen LogP contribution in [-0.4, -0.2) is 48.7 Å². The molecule has 1 aromatic carbocycles. The van der Waals surface area contributed by atoms with E-state index in [-0.39, 0.29) is 17.9 Å². The number of carbonyl (C=O) groups is 2. The fourth-order valence-electron chi connectivity index (χ4n) is 3.01. The fourth-order valence-corrected chi connectivity index (χ4v) is 3.01. The summed E-state index contributed by atoms with van der Waals surface area (Å²) in [6.07, 6.45) is 2.42. The smallest absolute Gasteiger partial charge is 0.270 e. The lowest BCUT2D eigenvalue weighted by Gasteiger charge is -2.32. The molecule has 0 fully saturated rings. The third kappa shape index (κ3) is 4.66. The Kier molecular flexibility index (Phi) is 7.13. The molecule has 0 radical (unpaired) electrons. The largest absolute Gasteiger partial charge is 0.383 e. The van der Waals surface area contributed by atoms with Gasteiger partial charge in [-0.3, -0.25) is 9.59 Å². The number of amides is 2. The molecule has 0 aliphatic carbocycles. The molecule has 1 heterocycles. The van der Waals surface area contributed by atoms with Gasteiger partial charge in [0.15, 0.2) is 0 Å². The van der Waals surface area contributed by atoms with Crippen LogP contribution in [0.5, 0.6) is 0 Å². The average Bonchev–Trinajstić information content (AvgIpc) is 2.65. The molecule has 0 saturated carbocycles. The number of anilines is 1. The lowest BCUT2D eigenvalue weighted by molar-refractivity contribution is -0.127. The van der Waals surface area contributed by atoms with E-state index < -0.39 is 0 Å². The Hall–Kier alpha value is -2.21. The third-order valence-corrected chi connectivity index (χ3v) is 4.46. The van der Waals surface area contributed by atoms with Crippen molar-refractivity contribution in [1.29, 1.82) is 0 Å². The molecule has 136 valence electrons. The summed E-state index contributed by atoms with van der Waals surface area (Å²) in [5, 5.41) is 5.73. The average molecular weight is 345 g/mol. The molecule has 0 aromatic heterocycles. The first kappa shape index (κ1) is 19.1. The highest BCUT2D eigenvalue weighted by molar-refractivity contribution is 6.40. The number of benzene rings is 1. The van der Waals surface area contributed by atoms with Crippen molar-refractivity contribution < 1.29 is 14.3 Å². The van der Waals surface area contributed by atoms with Gasteiger partial charge in [-0.2, -0.15) is 5.10 Å².